The van der Waals surface area contributed by atoms with Gasteiger partial charge in [-0.25, -0.2) is 9.97 Å². The quantitative estimate of drug-likeness (QED) is 0.848. The minimum absolute atomic E-state index is 0.409. The maximum Gasteiger partial charge on any atom is 0.180 e. The predicted molar refractivity (Wildman–Crippen MR) is 76.0 cm³/mol. The highest BCUT2D eigenvalue weighted by molar-refractivity contribution is 5.71. The molecular weight excluding hydrogens is 252 g/mol. The molecule has 1 fully saturated rings. The van der Waals surface area contributed by atoms with Gasteiger partial charge >= 0.3 is 0 Å². The molecule has 0 atom stereocenters. The molecule has 2 aromatic rings. The Balaban J connectivity index is 1.64. The second-order valence-corrected chi connectivity index (χ2v) is 4.95. The number of nitrogens with one attached hydrogen (secondary N) is 1. The molecule has 0 radical (unpaired) electrons. The van der Waals surface area contributed by atoms with Crippen LogP contribution in [0.2, 0.25) is 0 Å². The number of piperidine rings is 1. The van der Waals surface area contributed by atoms with Crippen LogP contribution in [0.1, 0.15) is 12.8 Å². The average Bonchev–Trinajstić information content (AvgIpc) is 2.49. The number of likely N-dealkylation sites (tertiary alicyclic amines) is 1. The van der Waals surface area contributed by atoms with Crippen LogP contribution in [0.15, 0.2) is 24.5 Å². The van der Waals surface area contributed by atoms with Crippen molar-refractivity contribution in [2.24, 2.45) is 0 Å². The molecule has 1 N–H and O–H groups in total. The summed E-state index contributed by atoms with van der Waals surface area (Å²) < 4.78 is 0. The van der Waals surface area contributed by atoms with E-state index in [1.54, 1.807) is 12.4 Å². The van der Waals surface area contributed by atoms with Crippen LogP contribution in [0.5, 0.6) is 0 Å². The fraction of sp³-hybridized carbons (Fsp3) is 0.429. The molecule has 0 spiro atoms. The van der Waals surface area contributed by atoms with Crippen molar-refractivity contribution >= 4 is 17.0 Å². The molecule has 6 nitrogen and oxygen atoms in total. The predicted octanol–water partition coefficient (Wildman–Crippen LogP) is 1.42. The zero-order valence-corrected chi connectivity index (χ0v) is 11.2. The Labute approximate surface area is 117 Å². The first-order valence-corrected chi connectivity index (χ1v) is 6.79. The molecule has 20 heavy (non-hydrogen) atoms. The number of rotatable bonds is 3. The molecule has 6 heteroatoms. The van der Waals surface area contributed by atoms with Gasteiger partial charge in [0, 0.05) is 31.5 Å². The first-order chi connectivity index (χ1) is 9.85. The average molecular weight is 268 g/mol. The van der Waals surface area contributed by atoms with Gasteiger partial charge in [-0.15, -0.1) is 0 Å². The van der Waals surface area contributed by atoms with E-state index in [1.807, 2.05) is 12.1 Å². The smallest absolute Gasteiger partial charge is 0.180 e. The highest BCUT2D eigenvalue weighted by atomic mass is 15.1. The number of nitrogens with zero attached hydrogens (tertiary/aromatic N) is 5. The fourth-order valence-electron chi connectivity index (χ4n) is 2.48. The van der Waals surface area contributed by atoms with E-state index >= 15 is 0 Å². The van der Waals surface area contributed by atoms with E-state index in [4.69, 9.17) is 5.26 Å². The second-order valence-electron chi connectivity index (χ2n) is 4.95. The third kappa shape index (κ3) is 2.83. The lowest BCUT2D eigenvalue weighted by atomic mass is 10.1. The molecule has 0 unspecified atom stereocenters. The number of nitriles is 1. The van der Waals surface area contributed by atoms with Crippen LogP contribution < -0.4 is 5.32 Å². The summed E-state index contributed by atoms with van der Waals surface area (Å²) in [6, 6.07) is 6.49. The van der Waals surface area contributed by atoms with Crippen LogP contribution in [-0.2, 0) is 0 Å². The van der Waals surface area contributed by atoms with Crippen LogP contribution in [0.3, 0.4) is 0 Å². The summed E-state index contributed by atoms with van der Waals surface area (Å²) >= 11 is 0. The van der Waals surface area contributed by atoms with Crippen LogP contribution in [0.4, 0.5) is 5.82 Å². The standard InChI is InChI=1S/C14H16N6/c15-5-10-20-8-3-11(4-9-20)18-13-2-1-12-14(19-13)17-7-6-16-12/h1-2,6-7,11H,3-4,8-10H2,(H,17,18,19). The van der Waals surface area contributed by atoms with Gasteiger partial charge in [-0.05, 0) is 25.0 Å². The Morgan fingerprint density at radius 2 is 2.05 bits per heavy atom. The first kappa shape index (κ1) is 12.8. The summed E-state index contributed by atoms with van der Waals surface area (Å²) in [4.78, 5) is 15.1. The van der Waals surface area contributed by atoms with Gasteiger partial charge in [0.15, 0.2) is 5.65 Å². The van der Waals surface area contributed by atoms with E-state index < -0.39 is 0 Å². The van der Waals surface area contributed by atoms with E-state index in [0.29, 0.717) is 18.2 Å². The van der Waals surface area contributed by atoms with Gasteiger partial charge in [-0.3, -0.25) is 9.88 Å². The van der Waals surface area contributed by atoms with Crippen molar-refractivity contribution in [3.8, 4) is 6.07 Å². The highest BCUT2D eigenvalue weighted by Crippen LogP contribution is 2.16. The summed E-state index contributed by atoms with van der Waals surface area (Å²) in [6.45, 7) is 2.44. The van der Waals surface area contributed by atoms with E-state index in [-0.39, 0.29) is 0 Å². The zero-order chi connectivity index (χ0) is 13.8. The summed E-state index contributed by atoms with van der Waals surface area (Å²) in [5.74, 6) is 0.844. The minimum Gasteiger partial charge on any atom is -0.367 e. The highest BCUT2D eigenvalue weighted by Gasteiger charge is 2.18. The third-order valence-corrected chi connectivity index (χ3v) is 3.57. The molecule has 2 aromatic heterocycles. The Morgan fingerprint density at radius 1 is 1.25 bits per heavy atom. The van der Waals surface area contributed by atoms with E-state index in [1.165, 1.54) is 0 Å². The van der Waals surface area contributed by atoms with Gasteiger partial charge in [0.25, 0.3) is 0 Å². The van der Waals surface area contributed by atoms with Crippen molar-refractivity contribution in [2.45, 2.75) is 18.9 Å². The number of aromatic nitrogens is 3. The lowest BCUT2D eigenvalue weighted by Gasteiger charge is -2.30. The summed E-state index contributed by atoms with van der Waals surface area (Å²) in [5, 5.41) is 12.1. The van der Waals surface area contributed by atoms with Crippen molar-refractivity contribution < 1.29 is 0 Å². The normalized spacial score (nSPS) is 16.9. The molecule has 3 rings (SSSR count). The van der Waals surface area contributed by atoms with Crippen molar-refractivity contribution in [2.75, 3.05) is 25.0 Å². The third-order valence-electron chi connectivity index (χ3n) is 3.57. The van der Waals surface area contributed by atoms with E-state index in [9.17, 15) is 0 Å². The molecule has 1 aliphatic rings. The van der Waals surface area contributed by atoms with Crippen molar-refractivity contribution in [1.29, 1.82) is 5.26 Å². The van der Waals surface area contributed by atoms with Gasteiger partial charge < -0.3 is 5.32 Å². The Morgan fingerprint density at radius 3 is 2.85 bits per heavy atom. The second kappa shape index (κ2) is 5.80. The molecular formula is C14H16N6. The van der Waals surface area contributed by atoms with Crippen LogP contribution in [-0.4, -0.2) is 45.5 Å². The summed E-state index contributed by atoms with van der Waals surface area (Å²) in [7, 11) is 0. The van der Waals surface area contributed by atoms with Crippen LogP contribution in [0, 0.1) is 11.3 Å². The zero-order valence-electron chi connectivity index (χ0n) is 11.2. The fourth-order valence-corrected chi connectivity index (χ4v) is 2.48. The minimum atomic E-state index is 0.409. The largest absolute Gasteiger partial charge is 0.367 e. The van der Waals surface area contributed by atoms with Gasteiger partial charge in [-0.1, -0.05) is 0 Å². The molecule has 1 aliphatic heterocycles. The molecule has 3 heterocycles. The SMILES string of the molecule is N#CCN1CCC(Nc2ccc3nccnc3n2)CC1. The van der Waals surface area contributed by atoms with E-state index in [0.717, 1.165) is 37.3 Å². The van der Waals surface area contributed by atoms with Crippen molar-refractivity contribution in [1.82, 2.24) is 19.9 Å². The Hall–Kier alpha value is -2.26. The van der Waals surface area contributed by atoms with E-state index in [2.05, 4.69) is 31.2 Å². The molecule has 0 bridgehead atoms. The first-order valence-electron chi connectivity index (χ1n) is 6.79. The number of fused-ring (bicyclic) bond motifs is 1. The number of pyridine rings is 1. The van der Waals surface area contributed by atoms with Gasteiger partial charge in [0.2, 0.25) is 0 Å². The molecule has 1 saturated heterocycles. The molecule has 102 valence electrons. The van der Waals surface area contributed by atoms with Gasteiger partial charge in [0.1, 0.15) is 11.3 Å². The number of hydrogen-bond donors (Lipinski definition) is 1. The maximum atomic E-state index is 8.69. The maximum absolute atomic E-state index is 8.69. The van der Waals surface area contributed by atoms with Crippen LogP contribution in [0.25, 0.3) is 11.2 Å². The van der Waals surface area contributed by atoms with Crippen molar-refractivity contribution in [3.63, 3.8) is 0 Å². The van der Waals surface area contributed by atoms with Gasteiger partial charge in [-0.2, -0.15) is 5.26 Å². The number of hydrogen-bond acceptors (Lipinski definition) is 6. The Kier molecular flexibility index (Phi) is 3.70. The lowest BCUT2D eigenvalue weighted by molar-refractivity contribution is 0.242. The lowest BCUT2D eigenvalue weighted by Crippen LogP contribution is -2.39. The Bertz CT molecular complexity index is 627. The summed E-state index contributed by atoms with van der Waals surface area (Å²) in [6.07, 6.45) is 5.38. The van der Waals surface area contributed by atoms with Crippen LogP contribution >= 0.6 is 0 Å². The number of anilines is 1. The summed E-state index contributed by atoms with van der Waals surface area (Å²) in [5.41, 5.74) is 1.47. The molecule has 0 amide bonds. The topological polar surface area (TPSA) is 77.7 Å². The monoisotopic (exact) mass is 268 g/mol. The van der Waals surface area contributed by atoms with Crippen molar-refractivity contribution in [3.05, 3.63) is 24.5 Å². The van der Waals surface area contributed by atoms with Gasteiger partial charge in [0.05, 0.1) is 12.6 Å². The molecule has 0 saturated carbocycles. The molecule has 0 aliphatic carbocycles. The molecule has 0 aromatic carbocycles.